The van der Waals surface area contributed by atoms with Gasteiger partial charge in [0.2, 0.25) is 15.9 Å². The Morgan fingerprint density at radius 1 is 1.37 bits per heavy atom. The van der Waals surface area contributed by atoms with E-state index in [2.05, 4.69) is 14.8 Å². The number of halogens is 1. The quantitative estimate of drug-likeness (QED) is 0.743. The van der Waals surface area contributed by atoms with E-state index in [4.69, 9.17) is 11.6 Å². The number of ether oxygens (including phenoxy) is 1. The molecule has 0 heterocycles. The molecule has 0 bridgehead atoms. The molecule has 19 heavy (non-hydrogen) atoms. The van der Waals surface area contributed by atoms with Crippen LogP contribution in [0.2, 0.25) is 0 Å². The molecule has 0 unspecified atom stereocenters. The fourth-order valence-electron chi connectivity index (χ4n) is 1.32. The van der Waals surface area contributed by atoms with Gasteiger partial charge in [0.25, 0.3) is 0 Å². The number of alkyl halides is 1. The van der Waals surface area contributed by atoms with Crippen molar-refractivity contribution in [1.29, 1.82) is 0 Å². The van der Waals surface area contributed by atoms with E-state index >= 15 is 0 Å². The molecule has 1 amide bonds. The Balaban J connectivity index is 2.75. The third-order valence-electron chi connectivity index (χ3n) is 2.04. The number of sulfonamides is 1. The largest absolute Gasteiger partial charge is 0.375 e. The van der Waals surface area contributed by atoms with E-state index < -0.39 is 10.0 Å². The van der Waals surface area contributed by atoms with Crippen molar-refractivity contribution in [2.45, 2.75) is 0 Å². The molecule has 0 aliphatic carbocycles. The van der Waals surface area contributed by atoms with Crippen molar-refractivity contribution in [2.75, 3.05) is 35.4 Å². The Morgan fingerprint density at radius 3 is 2.68 bits per heavy atom. The second-order valence-corrected chi connectivity index (χ2v) is 5.89. The van der Waals surface area contributed by atoms with Gasteiger partial charge in [0.05, 0.1) is 11.4 Å². The minimum atomic E-state index is -3.46. The number of rotatable bonds is 7. The van der Waals surface area contributed by atoms with E-state index in [0.29, 0.717) is 11.4 Å². The van der Waals surface area contributed by atoms with Crippen LogP contribution in [0.4, 0.5) is 11.4 Å². The lowest BCUT2D eigenvalue weighted by Gasteiger charge is -2.09. The average Bonchev–Trinajstić information content (AvgIpc) is 2.28. The average molecular weight is 307 g/mol. The molecule has 0 saturated heterocycles. The van der Waals surface area contributed by atoms with Gasteiger partial charge in [-0.3, -0.25) is 9.52 Å². The van der Waals surface area contributed by atoms with E-state index in [1.165, 1.54) is 13.2 Å². The molecule has 8 heteroatoms. The normalized spacial score (nSPS) is 11.1. The van der Waals surface area contributed by atoms with Crippen molar-refractivity contribution < 1.29 is 17.9 Å². The molecule has 1 aromatic carbocycles. The standard InChI is InChI=1S/C11H15ClN2O4S/c1-18-8-11(15)13-9-3-2-4-10(7-9)14-19(16,17)6-5-12/h2-4,7,14H,5-6,8H2,1H3,(H,13,15). The number of methoxy groups -OCH3 is 1. The third kappa shape index (κ3) is 5.91. The summed E-state index contributed by atoms with van der Waals surface area (Å²) >= 11 is 5.40. The van der Waals surface area contributed by atoms with E-state index in [0.717, 1.165) is 0 Å². The summed E-state index contributed by atoms with van der Waals surface area (Å²) in [6.45, 7) is -0.0673. The lowest BCUT2D eigenvalue weighted by Crippen LogP contribution is -2.19. The Hall–Kier alpha value is -1.31. The van der Waals surface area contributed by atoms with Gasteiger partial charge in [0, 0.05) is 18.7 Å². The highest BCUT2D eigenvalue weighted by Crippen LogP contribution is 2.16. The zero-order chi connectivity index (χ0) is 14.3. The Bertz CT molecular complexity index is 533. The number of carbonyl (C=O) groups excluding carboxylic acids is 1. The van der Waals surface area contributed by atoms with Gasteiger partial charge in [-0.15, -0.1) is 11.6 Å². The SMILES string of the molecule is COCC(=O)Nc1cccc(NS(=O)(=O)CCCl)c1. The molecule has 0 radical (unpaired) electrons. The summed E-state index contributed by atoms with van der Waals surface area (Å²) in [7, 11) is -2.05. The monoisotopic (exact) mass is 306 g/mol. The van der Waals surface area contributed by atoms with Crippen molar-refractivity contribution in [3.63, 3.8) is 0 Å². The summed E-state index contributed by atoms with van der Waals surface area (Å²) in [4.78, 5) is 11.3. The number of carbonyl (C=O) groups is 1. The number of anilines is 2. The first-order valence-electron chi connectivity index (χ1n) is 5.42. The highest BCUT2D eigenvalue weighted by molar-refractivity contribution is 7.92. The summed E-state index contributed by atoms with van der Waals surface area (Å²) in [6, 6.07) is 6.37. The van der Waals surface area contributed by atoms with Gasteiger partial charge in [0.1, 0.15) is 6.61 Å². The van der Waals surface area contributed by atoms with Crippen LogP contribution in [0.1, 0.15) is 0 Å². The highest BCUT2D eigenvalue weighted by atomic mass is 35.5. The first-order valence-corrected chi connectivity index (χ1v) is 7.61. The van der Waals surface area contributed by atoms with Gasteiger partial charge in [0.15, 0.2) is 0 Å². The first kappa shape index (κ1) is 15.7. The summed E-state index contributed by atoms with van der Waals surface area (Å²) < 4.78 is 30.1. The van der Waals surface area contributed by atoms with Crippen LogP contribution in [-0.2, 0) is 19.6 Å². The molecule has 0 atom stereocenters. The zero-order valence-electron chi connectivity index (χ0n) is 10.3. The van der Waals surface area contributed by atoms with Gasteiger partial charge in [-0.1, -0.05) is 6.07 Å². The smallest absolute Gasteiger partial charge is 0.250 e. The second kappa shape index (κ2) is 7.32. The highest BCUT2D eigenvalue weighted by Gasteiger charge is 2.10. The molecular formula is C11H15ClN2O4S. The molecule has 2 N–H and O–H groups in total. The second-order valence-electron chi connectivity index (χ2n) is 3.67. The molecule has 0 spiro atoms. The molecule has 6 nitrogen and oxygen atoms in total. The zero-order valence-corrected chi connectivity index (χ0v) is 11.9. The van der Waals surface area contributed by atoms with Gasteiger partial charge in [-0.25, -0.2) is 8.42 Å². The predicted molar refractivity (Wildman–Crippen MR) is 75.1 cm³/mol. The van der Waals surface area contributed by atoms with Crippen molar-refractivity contribution >= 4 is 38.9 Å². The number of nitrogens with one attached hydrogen (secondary N) is 2. The number of hydrogen-bond donors (Lipinski definition) is 2. The molecular weight excluding hydrogens is 292 g/mol. The lowest BCUT2D eigenvalue weighted by atomic mass is 10.3. The summed E-state index contributed by atoms with van der Waals surface area (Å²) in [5.74, 6) is -0.475. The van der Waals surface area contributed by atoms with E-state index in [-0.39, 0.29) is 24.1 Å². The van der Waals surface area contributed by atoms with Crippen molar-refractivity contribution in [3.05, 3.63) is 24.3 Å². The van der Waals surface area contributed by atoms with Gasteiger partial charge in [-0.2, -0.15) is 0 Å². The molecule has 0 aromatic heterocycles. The van der Waals surface area contributed by atoms with E-state index in [9.17, 15) is 13.2 Å². The first-order chi connectivity index (χ1) is 8.96. The van der Waals surface area contributed by atoms with Gasteiger partial charge < -0.3 is 10.1 Å². The van der Waals surface area contributed by atoms with Crippen molar-refractivity contribution in [2.24, 2.45) is 0 Å². The molecule has 0 aliphatic heterocycles. The fourth-order valence-corrected chi connectivity index (χ4v) is 2.72. The van der Waals surface area contributed by atoms with Crippen LogP contribution in [0.3, 0.4) is 0 Å². The number of benzene rings is 1. The van der Waals surface area contributed by atoms with E-state index in [1.54, 1.807) is 18.2 Å². The van der Waals surface area contributed by atoms with Gasteiger partial charge >= 0.3 is 0 Å². The Kier molecular flexibility index (Phi) is 6.07. The van der Waals surface area contributed by atoms with Crippen LogP contribution in [-0.4, -0.2) is 39.7 Å². The topological polar surface area (TPSA) is 84.5 Å². The maximum Gasteiger partial charge on any atom is 0.250 e. The number of hydrogen-bond acceptors (Lipinski definition) is 4. The molecule has 106 valence electrons. The summed E-state index contributed by atoms with van der Waals surface area (Å²) in [6.07, 6.45) is 0. The maximum absolute atomic E-state index is 11.5. The van der Waals surface area contributed by atoms with Crippen LogP contribution >= 0.6 is 11.6 Å². The van der Waals surface area contributed by atoms with Crippen LogP contribution in [0.25, 0.3) is 0 Å². The van der Waals surface area contributed by atoms with Crippen LogP contribution in [0.15, 0.2) is 24.3 Å². The third-order valence-corrected chi connectivity index (χ3v) is 3.74. The van der Waals surface area contributed by atoms with Crippen LogP contribution in [0, 0.1) is 0 Å². The van der Waals surface area contributed by atoms with Crippen LogP contribution < -0.4 is 10.0 Å². The fraction of sp³-hybridized carbons (Fsp3) is 0.364. The molecule has 0 saturated carbocycles. The molecule has 1 aromatic rings. The van der Waals surface area contributed by atoms with Gasteiger partial charge in [-0.05, 0) is 18.2 Å². The maximum atomic E-state index is 11.5. The van der Waals surface area contributed by atoms with Crippen molar-refractivity contribution in [3.8, 4) is 0 Å². The molecule has 1 rings (SSSR count). The minimum Gasteiger partial charge on any atom is -0.375 e. The molecule has 0 aliphatic rings. The minimum absolute atomic E-state index is 0.0135. The Labute approximate surface area is 117 Å². The summed E-state index contributed by atoms with van der Waals surface area (Å²) in [5.41, 5.74) is 0.841. The lowest BCUT2D eigenvalue weighted by molar-refractivity contribution is -0.119. The molecule has 0 fully saturated rings. The van der Waals surface area contributed by atoms with Crippen LogP contribution in [0.5, 0.6) is 0 Å². The summed E-state index contributed by atoms with van der Waals surface area (Å²) in [5, 5.41) is 2.58. The van der Waals surface area contributed by atoms with Crippen molar-refractivity contribution in [1.82, 2.24) is 0 Å². The Morgan fingerprint density at radius 2 is 2.05 bits per heavy atom. The van der Waals surface area contributed by atoms with E-state index in [1.807, 2.05) is 0 Å². The number of amides is 1. The predicted octanol–water partition coefficient (Wildman–Crippen LogP) is 1.25.